The smallest absolute Gasteiger partial charge is 0.307 e. The van der Waals surface area contributed by atoms with E-state index in [2.05, 4.69) is 10.2 Å². The topological polar surface area (TPSA) is 86.3 Å². The Labute approximate surface area is 149 Å². The maximum Gasteiger partial charge on any atom is 0.307 e. The average molecular weight is 360 g/mol. The number of benzene rings is 1. The lowest BCUT2D eigenvalue weighted by Crippen LogP contribution is -2.40. The van der Waals surface area contributed by atoms with Crippen molar-refractivity contribution in [2.24, 2.45) is 11.3 Å². The van der Waals surface area contributed by atoms with E-state index in [1.807, 2.05) is 18.2 Å². The molecule has 1 atom stereocenters. The Bertz CT molecular complexity index is 840. The first-order valence-corrected chi connectivity index (χ1v) is 8.70. The summed E-state index contributed by atoms with van der Waals surface area (Å²) in [6, 6.07) is 9.07. The number of carbonyl (C=O) groups is 2. The van der Waals surface area contributed by atoms with Crippen LogP contribution in [0.3, 0.4) is 0 Å². The van der Waals surface area contributed by atoms with Crippen LogP contribution in [0.25, 0.3) is 11.3 Å². The van der Waals surface area contributed by atoms with Gasteiger partial charge in [0.25, 0.3) is 5.91 Å². The third-order valence-corrected chi connectivity index (χ3v) is 5.82. The highest BCUT2D eigenvalue weighted by molar-refractivity contribution is 6.33. The fraction of sp³-hybridized carbons (Fsp3) is 0.389. The summed E-state index contributed by atoms with van der Waals surface area (Å²) in [5.41, 5.74) is 1.76. The largest absolute Gasteiger partial charge is 0.481 e. The molecule has 1 aliphatic heterocycles. The van der Waals surface area contributed by atoms with E-state index in [1.54, 1.807) is 17.0 Å². The number of aromatic amines is 1. The molecule has 7 heteroatoms. The number of hydrogen-bond donors (Lipinski definition) is 2. The number of carboxylic acids is 1. The van der Waals surface area contributed by atoms with Gasteiger partial charge in [-0.2, -0.15) is 5.10 Å². The molecule has 130 valence electrons. The van der Waals surface area contributed by atoms with Crippen LogP contribution in [0.4, 0.5) is 0 Å². The molecule has 1 aromatic carbocycles. The van der Waals surface area contributed by atoms with Crippen molar-refractivity contribution in [3.63, 3.8) is 0 Å². The van der Waals surface area contributed by atoms with Gasteiger partial charge in [0.15, 0.2) is 0 Å². The van der Waals surface area contributed by atoms with Crippen molar-refractivity contribution in [2.45, 2.75) is 19.3 Å². The highest BCUT2D eigenvalue weighted by Gasteiger charge is 2.59. The molecule has 4 rings (SSSR count). The van der Waals surface area contributed by atoms with Gasteiger partial charge in [-0.05, 0) is 36.8 Å². The minimum atomic E-state index is -0.710. The maximum absolute atomic E-state index is 12.7. The zero-order valence-corrected chi connectivity index (χ0v) is 14.3. The molecule has 1 aromatic heterocycles. The third kappa shape index (κ3) is 2.80. The van der Waals surface area contributed by atoms with Crippen LogP contribution < -0.4 is 0 Å². The van der Waals surface area contributed by atoms with Gasteiger partial charge >= 0.3 is 5.97 Å². The lowest BCUT2D eigenvalue weighted by molar-refractivity contribution is -0.139. The molecular weight excluding hydrogens is 342 g/mol. The number of aromatic nitrogens is 2. The predicted octanol–water partition coefficient (Wildman–Crippen LogP) is 3.06. The van der Waals surface area contributed by atoms with E-state index in [-0.39, 0.29) is 17.2 Å². The zero-order valence-electron chi connectivity index (χ0n) is 13.5. The molecule has 2 N–H and O–H groups in total. The molecule has 1 saturated carbocycles. The molecule has 2 aliphatic rings. The van der Waals surface area contributed by atoms with Crippen LogP contribution in [0.1, 0.15) is 29.8 Å². The summed E-state index contributed by atoms with van der Waals surface area (Å²) in [7, 11) is 0. The maximum atomic E-state index is 12.7. The van der Waals surface area contributed by atoms with Crippen LogP contribution >= 0.6 is 11.6 Å². The third-order valence-electron chi connectivity index (χ3n) is 5.49. The second-order valence-corrected chi connectivity index (χ2v) is 7.30. The van der Waals surface area contributed by atoms with E-state index in [1.165, 1.54) is 0 Å². The van der Waals surface area contributed by atoms with E-state index >= 15 is 0 Å². The van der Waals surface area contributed by atoms with E-state index < -0.39 is 5.97 Å². The predicted molar refractivity (Wildman–Crippen MR) is 92.3 cm³/mol. The number of amides is 1. The van der Waals surface area contributed by atoms with Crippen molar-refractivity contribution in [1.29, 1.82) is 0 Å². The molecule has 25 heavy (non-hydrogen) atoms. The molecule has 6 nitrogen and oxygen atoms in total. The van der Waals surface area contributed by atoms with Crippen LogP contribution in [-0.4, -0.2) is 45.2 Å². The van der Waals surface area contributed by atoms with Crippen molar-refractivity contribution >= 4 is 23.5 Å². The summed E-state index contributed by atoms with van der Waals surface area (Å²) < 4.78 is 0. The Morgan fingerprint density at radius 3 is 2.64 bits per heavy atom. The average Bonchev–Trinajstić information content (AvgIpc) is 3.09. The van der Waals surface area contributed by atoms with Crippen molar-refractivity contribution < 1.29 is 14.7 Å². The molecule has 0 radical (unpaired) electrons. The number of hydrogen-bond acceptors (Lipinski definition) is 3. The number of piperidine rings is 1. The lowest BCUT2D eigenvalue weighted by atomic mass is 9.90. The molecule has 1 saturated heterocycles. The van der Waals surface area contributed by atoms with Gasteiger partial charge in [0, 0.05) is 18.7 Å². The number of rotatable bonds is 3. The first-order valence-electron chi connectivity index (χ1n) is 8.33. The number of halogens is 1. The van der Waals surface area contributed by atoms with Crippen LogP contribution in [0.2, 0.25) is 5.02 Å². The van der Waals surface area contributed by atoms with Crippen molar-refractivity contribution in [3.05, 3.63) is 41.0 Å². The highest BCUT2D eigenvalue weighted by Crippen LogP contribution is 2.59. The fourth-order valence-electron chi connectivity index (χ4n) is 3.81. The number of H-pyrrole nitrogens is 1. The first kappa shape index (κ1) is 16.1. The van der Waals surface area contributed by atoms with E-state index in [4.69, 9.17) is 16.7 Å². The van der Waals surface area contributed by atoms with Gasteiger partial charge in [0.05, 0.1) is 16.6 Å². The van der Waals surface area contributed by atoms with Crippen LogP contribution in [0.15, 0.2) is 30.3 Å². The van der Waals surface area contributed by atoms with E-state index in [0.717, 1.165) is 24.8 Å². The summed E-state index contributed by atoms with van der Waals surface area (Å²) in [6.07, 6.45) is 2.24. The van der Waals surface area contributed by atoms with Gasteiger partial charge in [-0.25, -0.2) is 0 Å². The molecule has 1 spiro atoms. The molecule has 2 fully saturated rings. The van der Waals surface area contributed by atoms with Gasteiger partial charge in [-0.1, -0.05) is 29.8 Å². The number of aliphatic carboxylic acids is 1. The molecular formula is C18H18ClN3O3. The molecule has 2 aromatic rings. The monoisotopic (exact) mass is 359 g/mol. The SMILES string of the molecule is O=C(O)C1CC12CCN(C(=O)c1cc(-c3ccccc3Cl)n[nH]1)CC2. The number of nitrogens with zero attached hydrogens (tertiary/aromatic N) is 2. The minimum absolute atomic E-state index is 0.0840. The van der Waals surface area contributed by atoms with Crippen molar-refractivity contribution in [3.8, 4) is 11.3 Å². The summed E-state index contributed by atoms with van der Waals surface area (Å²) in [6.45, 7) is 1.17. The number of carboxylic acid groups (broad SMARTS) is 1. The van der Waals surface area contributed by atoms with Crippen molar-refractivity contribution in [2.75, 3.05) is 13.1 Å². The van der Waals surface area contributed by atoms with Crippen LogP contribution in [-0.2, 0) is 4.79 Å². The molecule has 2 heterocycles. The van der Waals surface area contributed by atoms with Gasteiger partial charge < -0.3 is 10.0 Å². The normalized spacial score (nSPS) is 21.3. The molecule has 1 aliphatic carbocycles. The Balaban J connectivity index is 1.45. The van der Waals surface area contributed by atoms with E-state index in [0.29, 0.717) is 29.5 Å². The van der Waals surface area contributed by atoms with Gasteiger partial charge in [0.2, 0.25) is 0 Å². The molecule has 1 amide bonds. The summed E-state index contributed by atoms with van der Waals surface area (Å²) in [4.78, 5) is 25.6. The second kappa shape index (κ2) is 5.88. The van der Waals surface area contributed by atoms with Crippen LogP contribution in [0, 0.1) is 11.3 Å². The lowest BCUT2D eigenvalue weighted by Gasteiger charge is -2.32. The van der Waals surface area contributed by atoms with Crippen molar-refractivity contribution in [1.82, 2.24) is 15.1 Å². The molecule has 1 unspecified atom stereocenters. The quantitative estimate of drug-likeness (QED) is 0.881. The standard InChI is InChI=1S/C18H18ClN3O3/c19-13-4-2-1-3-11(13)14-9-15(21-20-14)16(23)22-7-5-18(6-8-22)10-12(18)17(24)25/h1-4,9,12H,5-8,10H2,(H,20,21)(H,24,25). The first-order chi connectivity index (χ1) is 12.0. The summed E-state index contributed by atoms with van der Waals surface area (Å²) in [5, 5.41) is 16.7. The van der Waals surface area contributed by atoms with Gasteiger partial charge in [-0.3, -0.25) is 14.7 Å². The van der Waals surface area contributed by atoms with Crippen LogP contribution in [0.5, 0.6) is 0 Å². The summed E-state index contributed by atoms with van der Waals surface area (Å²) in [5.74, 6) is -1.05. The number of carbonyl (C=O) groups excluding carboxylic acids is 1. The van der Waals surface area contributed by atoms with E-state index in [9.17, 15) is 9.59 Å². The fourth-order valence-corrected chi connectivity index (χ4v) is 4.05. The Kier molecular flexibility index (Phi) is 3.80. The Morgan fingerprint density at radius 1 is 1.28 bits per heavy atom. The zero-order chi connectivity index (χ0) is 17.6. The summed E-state index contributed by atoms with van der Waals surface area (Å²) >= 11 is 6.18. The Hall–Kier alpha value is -2.34. The molecule has 0 bridgehead atoms. The second-order valence-electron chi connectivity index (χ2n) is 6.90. The number of likely N-dealkylation sites (tertiary alicyclic amines) is 1. The number of nitrogens with one attached hydrogen (secondary N) is 1. The van der Waals surface area contributed by atoms with Gasteiger partial charge in [0.1, 0.15) is 5.69 Å². The minimum Gasteiger partial charge on any atom is -0.481 e. The highest BCUT2D eigenvalue weighted by atomic mass is 35.5. The van der Waals surface area contributed by atoms with Gasteiger partial charge in [-0.15, -0.1) is 0 Å². The Morgan fingerprint density at radius 2 is 2.00 bits per heavy atom.